The largest absolute Gasteiger partial charge is 0.336 e. The van der Waals surface area contributed by atoms with Gasteiger partial charge in [-0.2, -0.15) is 0 Å². The Morgan fingerprint density at radius 2 is 1.65 bits per heavy atom. The summed E-state index contributed by atoms with van der Waals surface area (Å²) in [6.45, 7) is 3.66. The molecule has 0 aliphatic rings. The molecule has 0 heterocycles. The van der Waals surface area contributed by atoms with Crippen LogP contribution in [-0.2, 0) is 10.0 Å². The maximum absolute atomic E-state index is 11.5. The molecular weight excluding hydrogens is 282 g/mol. The van der Waals surface area contributed by atoms with Crippen molar-refractivity contribution in [2.24, 2.45) is 0 Å². The van der Waals surface area contributed by atoms with E-state index in [-0.39, 0.29) is 17.6 Å². The average molecular weight is 299 g/mol. The molecule has 0 spiro atoms. The van der Waals surface area contributed by atoms with Crippen LogP contribution in [-0.4, -0.2) is 32.7 Å². The minimum atomic E-state index is -3.59. The Bertz CT molecular complexity index is 594. The Hall–Kier alpha value is -2.09. The first-order chi connectivity index (χ1) is 9.17. The van der Waals surface area contributed by atoms with Gasteiger partial charge in [-0.1, -0.05) is 0 Å². The van der Waals surface area contributed by atoms with Crippen LogP contribution in [0, 0.1) is 0 Å². The van der Waals surface area contributed by atoms with Gasteiger partial charge in [0.15, 0.2) is 0 Å². The Morgan fingerprint density at radius 1 is 1.10 bits per heavy atom. The van der Waals surface area contributed by atoms with E-state index in [0.29, 0.717) is 5.69 Å². The van der Waals surface area contributed by atoms with E-state index >= 15 is 0 Å². The lowest BCUT2D eigenvalue weighted by Crippen LogP contribution is -2.34. The number of urea groups is 1. The normalized spacial score (nSPS) is 11.0. The number of rotatable bonds is 4. The smallest absolute Gasteiger partial charge is 0.319 e. The van der Waals surface area contributed by atoms with Crippen LogP contribution < -0.4 is 15.4 Å². The molecule has 8 heteroatoms. The molecule has 0 aliphatic carbocycles. The minimum absolute atomic E-state index is 0.00909. The molecule has 3 N–H and O–H groups in total. The molecule has 1 rings (SSSR count). The molecule has 3 amide bonds. The van der Waals surface area contributed by atoms with Crippen molar-refractivity contribution in [1.29, 1.82) is 0 Å². The molecule has 0 saturated heterocycles. The second kappa shape index (κ2) is 6.38. The van der Waals surface area contributed by atoms with Crippen molar-refractivity contribution in [3.8, 4) is 0 Å². The van der Waals surface area contributed by atoms with E-state index in [1.165, 1.54) is 24.3 Å². The number of benzene rings is 1. The van der Waals surface area contributed by atoms with Crippen LogP contribution in [0.25, 0.3) is 0 Å². The number of anilines is 1. The molecule has 7 nitrogen and oxygen atoms in total. The molecule has 20 heavy (non-hydrogen) atoms. The van der Waals surface area contributed by atoms with Gasteiger partial charge in [-0.05, 0) is 38.1 Å². The molecule has 0 atom stereocenters. The maximum atomic E-state index is 11.5. The zero-order valence-electron chi connectivity index (χ0n) is 11.4. The standard InChI is InChI=1S/C12H17N3O4S/c1-8(2)13-12(17)14-10-6-4-9(5-7-10)11(16)15-20(3,18)19/h4-8H,1-3H3,(H,15,16)(H2,13,14,17). The summed E-state index contributed by atoms with van der Waals surface area (Å²) in [6, 6.07) is 5.52. The maximum Gasteiger partial charge on any atom is 0.319 e. The van der Waals surface area contributed by atoms with Crippen molar-refractivity contribution < 1.29 is 18.0 Å². The van der Waals surface area contributed by atoms with Crippen LogP contribution in [0.1, 0.15) is 24.2 Å². The number of nitrogens with one attached hydrogen (secondary N) is 3. The van der Waals surface area contributed by atoms with E-state index in [9.17, 15) is 18.0 Å². The van der Waals surface area contributed by atoms with Crippen molar-refractivity contribution in [3.63, 3.8) is 0 Å². The predicted molar refractivity (Wildman–Crippen MR) is 76.0 cm³/mol. The first-order valence-electron chi connectivity index (χ1n) is 5.87. The summed E-state index contributed by atoms with van der Waals surface area (Å²) in [5.41, 5.74) is 0.685. The van der Waals surface area contributed by atoms with Gasteiger partial charge in [0.1, 0.15) is 0 Å². The minimum Gasteiger partial charge on any atom is -0.336 e. The van der Waals surface area contributed by atoms with E-state index in [4.69, 9.17) is 0 Å². The van der Waals surface area contributed by atoms with Crippen molar-refractivity contribution in [2.45, 2.75) is 19.9 Å². The summed E-state index contributed by atoms with van der Waals surface area (Å²) in [4.78, 5) is 23.0. The zero-order valence-corrected chi connectivity index (χ0v) is 12.2. The highest BCUT2D eigenvalue weighted by molar-refractivity contribution is 7.89. The van der Waals surface area contributed by atoms with Gasteiger partial charge in [0, 0.05) is 17.3 Å². The Balaban J connectivity index is 2.69. The second-order valence-electron chi connectivity index (χ2n) is 4.53. The van der Waals surface area contributed by atoms with Gasteiger partial charge in [0.25, 0.3) is 5.91 Å². The van der Waals surface area contributed by atoms with Crippen LogP contribution in [0.5, 0.6) is 0 Å². The molecule has 0 bridgehead atoms. The summed E-state index contributed by atoms with van der Waals surface area (Å²) >= 11 is 0. The SMILES string of the molecule is CC(C)NC(=O)Nc1ccc(C(=O)NS(C)(=O)=O)cc1. The fourth-order valence-electron chi connectivity index (χ4n) is 1.36. The molecule has 0 radical (unpaired) electrons. The van der Waals surface area contributed by atoms with Crippen molar-refractivity contribution in [3.05, 3.63) is 29.8 Å². The number of amides is 3. The van der Waals surface area contributed by atoms with Crippen molar-refractivity contribution in [2.75, 3.05) is 11.6 Å². The van der Waals surface area contributed by atoms with Gasteiger partial charge >= 0.3 is 6.03 Å². The summed E-state index contributed by atoms with van der Waals surface area (Å²) < 4.78 is 23.7. The summed E-state index contributed by atoms with van der Waals surface area (Å²) in [5.74, 6) is -0.717. The van der Waals surface area contributed by atoms with Crippen LogP contribution in [0.3, 0.4) is 0 Å². The van der Waals surface area contributed by atoms with E-state index in [1.54, 1.807) is 0 Å². The van der Waals surface area contributed by atoms with E-state index in [0.717, 1.165) is 6.26 Å². The predicted octanol–water partition coefficient (Wildman–Crippen LogP) is 0.906. The van der Waals surface area contributed by atoms with Crippen LogP contribution in [0.2, 0.25) is 0 Å². The lowest BCUT2D eigenvalue weighted by atomic mass is 10.2. The highest BCUT2D eigenvalue weighted by Gasteiger charge is 2.11. The van der Waals surface area contributed by atoms with Gasteiger partial charge in [0.2, 0.25) is 10.0 Å². The number of hydrogen-bond acceptors (Lipinski definition) is 4. The third kappa shape index (κ3) is 5.70. The van der Waals surface area contributed by atoms with Gasteiger partial charge < -0.3 is 10.6 Å². The van der Waals surface area contributed by atoms with E-state index in [2.05, 4.69) is 10.6 Å². The molecule has 1 aromatic rings. The Kier molecular flexibility index (Phi) is 5.09. The molecule has 0 unspecified atom stereocenters. The van der Waals surface area contributed by atoms with Crippen LogP contribution >= 0.6 is 0 Å². The van der Waals surface area contributed by atoms with Gasteiger partial charge in [0.05, 0.1) is 6.26 Å². The third-order valence-electron chi connectivity index (χ3n) is 2.10. The van der Waals surface area contributed by atoms with Gasteiger partial charge in [-0.15, -0.1) is 0 Å². The fraction of sp³-hybridized carbons (Fsp3) is 0.333. The zero-order chi connectivity index (χ0) is 15.3. The van der Waals surface area contributed by atoms with Crippen LogP contribution in [0.15, 0.2) is 24.3 Å². The number of sulfonamides is 1. The van der Waals surface area contributed by atoms with Crippen molar-refractivity contribution >= 4 is 27.6 Å². The lowest BCUT2D eigenvalue weighted by molar-refractivity contribution is 0.0981. The Morgan fingerprint density at radius 3 is 2.10 bits per heavy atom. The molecule has 1 aromatic carbocycles. The van der Waals surface area contributed by atoms with Gasteiger partial charge in [-0.3, -0.25) is 4.79 Å². The molecular formula is C12H17N3O4S. The Labute approximate surface area is 117 Å². The second-order valence-corrected chi connectivity index (χ2v) is 6.28. The molecule has 0 fully saturated rings. The fourth-order valence-corrected chi connectivity index (χ4v) is 1.82. The summed E-state index contributed by atoms with van der Waals surface area (Å²) in [6.07, 6.45) is 0.900. The highest BCUT2D eigenvalue weighted by Crippen LogP contribution is 2.09. The number of carbonyl (C=O) groups is 2. The molecule has 0 aromatic heterocycles. The monoisotopic (exact) mass is 299 g/mol. The molecule has 110 valence electrons. The van der Waals surface area contributed by atoms with Crippen molar-refractivity contribution in [1.82, 2.24) is 10.0 Å². The third-order valence-corrected chi connectivity index (χ3v) is 2.66. The summed E-state index contributed by atoms with van der Waals surface area (Å²) in [7, 11) is -3.59. The lowest BCUT2D eigenvalue weighted by Gasteiger charge is -2.10. The topological polar surface area (TPSA) is 104 Å². The van der Waals surface area contributed by atoms with Gasteiger partial charge in [-0.25, -0.2) is 17.9 Å². The molecule has 0 aliphatic heterocycles. The quantitative estimate of drug-likeness (QED) is 0.768. The first-order valence-corrected chi connectivity index (χ1v) is 7.76. The first kappa shape index (κ1) is 16.0. The number of hydrogen-bond donors (Lipinski definition) is 3. The summed E-state index contributed by atoms with van der Waals surface area (Å²) in [5, 5.41) is 5.24. The number of carbonyl (C=O) groups excluding carboxylic acids is 2. The van der Waals surface area contributed by atoms with E-state index in [1.807, 2.05) is 18.6 Å². The van der Waals surface area contributed by atoms with E-state index < -0.39 is 15.9 Å². The molecule has 0 saturated carbocycles. The van der Waals surface area contributed by atoms with Crippen LogP contribution in [0.4, 0.5) is 10.5 Å². The highest BCUT2D eigenvalue weighted by atomic mass is 32.2. The average Bonchev–Trinajstić information content (AvgIpc) is 2.26.